The number of hydrogen-bond acceptors (Lipinski definition) is 3. The lowest BCUT2D eigenvalue weighted by Crippen LogP contribution is -2.50. The fourth-order valence-electron chi connectivity index (χ4n) is 3.14. The molecule has 0 aliphatic carbocycles. The van der Waals surface area contributed by atoms with E-state index in [4.69, 9.17) is 0 Å². The standard InChI is InChI=1S/C20H23FN2O2/c21-18-8-4-5-16(13-18)14-20(25)23-11-9-22(10-12-23)15-19(24)17-6-2-1-3-7-17/h1-8,13,19,24H,9-12,14-15H2/t19-/m0/s1. The number of carbonyl (C=O) groups is 1. The highest BCUT2D eigenvalue weighted by molar-refractivity contribution is 5.78. The van der Waals surface area contributed by atoms with Crippen molar-refractivity contribution >= 4 is 5.91 Å². The molecular weight excluding hydrogens is 319 g/mol. The Morgan fingerprint density at radius 2 is 1.76 bits per heavy atom. The molecule has 1 fully saturated rings. The smallest absolute Gasteiger partial charge is 0.227 e. The van der Waals surface area contributed by atoms with Crippen LogP contribution in [0.25, 0.3) is 0 Å². The van der Waals surface area contributed by atoms with Gasteiger partial charge in [0.2, 0.25) is 5.91 Å². The fraction of sp³-hybridized carbons (Fsp3) is 0.350. The largest absolute Gasteiger partial charge is 0.387 e. The molecule has 0 saturated carbocycles. The first kappa shape index (κ1) is 17.6. The van der Waals surface area contributed by atoms with Crippen LogP contribution >= 0.6 is 0 Å². The summed E-state index contributed by atoms with van der Waals surface area (Å²) in [5, 5.41) is 10.3. The minimum atomic E-state index is -0.518. The number of hydrogen-bond donors (Lipinski definition) is 1. The summed E-state index contributed by atoms with van der Waals surface area (Å²) in [7, 11) is 0. The normalized spacial score (nSPS) is 16.6. The van der Waals surface area contributed by atoms with Crippen LogP contribution in [0.1, 0.15) is 17.2 Å². The Kier molecular flexibility index (Phi) is 5.79. The Bertz CT molecular complexity index is 700. The maximum atomic E-state index is 13.2. The second-order valence-corrected chi connectivity index (χ2v) is 6.41. The van der Waals surface area contributed by atoms with Crippen molar-refractivity contribution in [2.24, 2.45) is 0 Å². The van der Waals surface area contributed by atoms with Crippen molar-refractivity contribution in [2.45, 2.75) is 12.5 Å². The molecule has 1 saturated heterocycles. The van der Waals surface area contributed by atoms with Crippen molar-refractivity contribution in [1.29, 1.82) is 0 Å². The van der Waals surface area contributed by atoms with Crippen LogP contribution in [0.2, 0.25) is 0 Å². The lowest BCUT2D eigenvalue weighted by atomic mass is 10.1. The Hall–Kier alpha value is -2.24. The van der Waals surface area contributed by atoms with Crippen LogP contribution in [0.5, 0.6) is 0 Å². The lowest BCUT2D eigenvalue weighted by molar-refractivity contribution is -0.132. The molecule has 0 aromatic heterocycles. The molecule has 1 heterocycles. The molecule has 132 valence electrons. The highest BCUT2D eigenvalue weighted by atomic mass is 19.1. The quantitative estimate of drug-likeness (QED) is 0.906. The van der Waals surface area contributed by atoms with Crippen molar-refractivity contribution in [3.05, 3.63) is 71.5 Å². The van der Waals surface area contributed by atoms with Crippen LogP contribution < -0.4 is 0 Å². The number of aliphatic hydroxyl groups is 1. The van der Waals surface area contributed by atoms with E-state index in [0.717, 1.165) is 18.7 Å². The number of nitrogens with zero attached hydrogens (tertiary/aromatic N) is 2. The van der Waals surface area contributed by atoms with Gasteiger partial charge in [-0.3, -0.25) is 9.69 Å². The molecule has 0 spiro atoms. The van der Waals surface area contributed by atoms with Gasteiger partial charge in [0.25, 0.3) is 0 Å². The average Bonchev–Trinajstić information content (AvgIpc) is 2.63. The van der Waals surface area contributed by atoms with Gasteiger partial charge in [0.15, 0.2) is 0 Å². The minimum absolute atomic E-state index is 0.0221. The van der Waals surface area contributed by atoms with Crippen molar-refractivity contribution < 1.29 is 14.3 Å². The van der Waals surface area contributed by atoms with Crippen LogP contribution in [0.3, 0.4) is 0 Å². The Labute approximate surface area is 147 Å². The Balaban J connectivity index is 1.47. The van der Waals surface area contributed by atoms with Crippen molar-refractivity contribution in [2.75, 3.05) is 32.7 Å². The lowest BCUT2D eigenvalue weighted by Gasteiger charge is -2.35. The predicted octanol–water partition coefficient (Wildman–Crippen LogP) is 2.25. The Morgan fingerprint density at radius 3 is 2.44 bits per heavy atom. The highest BCUT2D eigenvalue weighted by Gasteiger charge is 2.23. The van der Waals surface area contributed by atoms with Gasteiger partial charge in [-0.1, -0.05) is 42.5 Å². The van der Waals surface area contributed by atoms with Gasteiger partial charge >= 0.3 is 0 Å². The van der Waals surface area contributed by atoms with E-state index in [-0.39, 0.29) is 18.1 Å². The third-order valence-corrected chi connectivity index (χ3v) is 4.58. The maximum absolute atomic E-state index is 13.2. The number of aliphatic hydroxyl groups excluding tert-OH is 1. The first-order valence-corrected chi connectivity index (χ1v) is 8.59. The van der Waals surface area contributed by atoms with Crippen molar-refractivity contribution in [3.8, 4) is 0 Å². The number of carbonyl (C=O) groups excluding carboxylic acids is 1. The molecule has 1 amide bonds. The summed E-state index contributed by atoms with van der Waals surface area (Å²) in [6, 6.07) is 15.8. The minimum Gasteiger partial charge on any atom is -0.387 e. The molecule has 0 bridgehead atoms. The highest BCUT2D eigenvalue weighted by Crippen LogP contribution is 2.15. The molecule has 1 atom stereocenters. The van der Waals surface area contributed by atoms with E-state index in [2.05, 4.69) is 4.90 Å². The number of rotatable bonds is 5. The zero-order chi connectivity index (χ0) is 17.6. The summed E-state index contributed by atoms with van der Waals surface area (Å²) >= 11 is 0. The summed E-state index contributed by atoms with van der Waals surface area (Å²) in [4.78, 5) is 16.4. The second-order valence-electron chi connectivity index (χ2n) is 6.41. The summed E-state index contributed by atoms with van der Waals surface area (Å²) in [5.41, 5.74) is 1.61. The molecule has 4 nitrogen and oxygen atoms in total. The summed E-state index contributed by atoms with van der Waals surface area (Å²) in [6.07, 6.45) is -0.291. The van der Waals surface area contributed by atoms with Crippen LogP contribution in [-0.4, -0.2) is 53.5 Å². The molecule has 0 unspecified atom stereocenters. The number of β-amino-alcohol motifs (C(OH)–C–C–N with tert-alkyl or cyclic N) is 1. The van der Waals surface area contributed by atoms with Gasteiger partial charge in [-0.15, -0.1) is 0 Å². The number of piperazine rings is 1. The van der Waals surface area contributed by atoms with E-state index < -0.39 is 6.10 Å². The van der Waals surface area contributed by atoms with E-state index in [1.807, 2.05) is 35.2 Å². The van der Waals surface area contributed by atoms with E-state index in [1.165, 1.54) is 12.1 Å². The van der Waals surface area contributed by atoms with Crippen molar-refractivity contribution in [3.63, 3.8) is 0 Å². The third-order valence-electron chi connectivity index (χ3n) is 4.58. The van der Waals surface area contributed by atoms with Crippen LogP contribution in [0.4, 0.5) is 4.39 Å². The van der Waals surface area contributed by atoms with Gasteiger partial charge in [0, 0.05) is 32.7 Å². The predicted molar refractivity (Wildman–Crippen MR) is 94.5 cm³/mol. The number of halogens is 1. The molecule has 5 heteroatoms. The number of amides is 1. The molecular formula is C20H23FN2O2. The van der Waals surface area contributed by atoms with Crippen LogP contribution in [0.15, 0.2) is 54.6 Å². The van der Waals surface area contributed by atoms with Gasteiger partial charge in [-0.25, -0.2) is 4.39 Å². The first-order chi connectivity index (χ1) is 12.1. The van der Waals surface area contributed by atoms with Gasteiger partial charge in [0.1, 0.15) is 5.82 Å². The monoisotopic (exact) mass is 342 g/mol. The molecule has 3 rings (SSSR count). The summed E-state index contributed by atoms with van der Waals surface area (Å²) in [5.74, 6) is -0.293. The molecule has 1 aliphatic heterocycles. The SMILES string of the molecule is O=C(Cc1cccc(F)c1)N1CCN(C[C@H](O)c2ccccc2)CC1. The summed E-state index contributed by atoms with van der Waals surface area (Å²) in [6.45, 7) is 3.30. The molecule has 2 aromatic rings. The van der Waals surface area contributed by atoms with Crippen LogP contribution in [-0.2, 0) is 11.2 Å². The first-order valence-electron chi connectivity index (χ1n) is 8.59. The van der Waals surface area contributed by atoms with E-state index in [9.17, 15) is 14.3 Å². The van der Waals surface area contributed by atoms with E-state index in [1.54, 1.807) is 12.1 Å². The zero-order valence-electron chi connectivity index (χ0n) is 14.1. The summed E-state index contributed by atoms with van der Waals surface area (Å²) < 4.78 is 13.2. The van der Waals surface area contributed by atoms with Gasteiger partial charge in [-0.05, 0) is 23.3 Å². The number of benzene rings is 2. The molecule has 25 heavy (non-hydrogen) atoms. The average molecular weight is 342 g/mol. The van der Waals surface area contributed by atoms with Crippen molar-refractivity contribution in [1.82, 2.24) is 9.80 Å². The topological polar surface area (TPSA) is 43.8 Å². The van der Waals surface area contributed by atoms with Crippen LogP contribution in [0, 0.1) is 5.82 Å². The Morgan fingerprint density at radius 1 is 1.04 bits per heavy atom. The zero-order valence-corrected chi connectivity index (χ0v) is 14.1. The maximum Gasteiger partial charge on any atom is 0.227 e. The van der Waals surface area contributed by atoms with Gasteiger partial charge in [0.05, 0.1) is 12.5 Å². The van der Waals surface area contributed by atoms with E-state index >= 15 is 0 Å². The second kappa shape index (κ2) is 8.23. The molecule has 1 aliphatic rings. The molecule has 0 radical (unpaired) electrons. The molecule has 2 aromatic carbocycles. The third kappa shape index (κ3) is 4.87. The fourth-order valence-corrected chi connectivity index (χ4v) is 3.14. The molecule has 1 N–H and O–H groups in total. The van der Waals surface area contributed by atoms with Gasteiger partial charge in [-0.2, -0.15) is 0 Å². The van der Waals surface area contributed by atoms with Gasteiger partial charge < -0.3 is 10.0 Å². The van der Waals surface area contributed by atoms with E-state index in [0.29, 0.717) is 25.2 Å².